The van der Waals surface area contributed by atoms with Crippen molar-refractivity contribution in [1.29, 1.82) is 0 Å². The van der Waals surface area contributed by atoms with Crippen molar-refractivity contribution in [3.8, 4) is 0 Å². The summed E-state index contributed by atoms with van der Waals surface area (Å²) in [4.78, 5) is 11.7. The van der Waals surface area contributed by atoms with Gasteiger partial charge in [-0.15, -0.1) is 12.4 Å². The molecule has 1 saturated carbocycles. The number of carbonyl (C=O) groups is 1. The second kappa shape index (κ2) is 9.60. The summed E-state index contributed by atoms with van der Waals surface area (Å²) in [7, 11) is 0. The Morgan fingerprint density at radius 3 is 2.37 bits per heavy atom. The number of amides is 1. The topological polar surface area (TPSA) is 55.1 Å². The number of carbonyl (C=O) groups excluding carboxylic acids is 1. The van der Waals surface area contributed by atoms with Crippen molar-refractivity contribution < 1.29 is 4.79 Å². The van der Waals surface area contributed by atoms with Crippen LogP contribution in [0.2, 0.25) is 0 Å². The Balaban J connectivity index is 0.00000324. The first kappa shape index (κ1) is 18.7. The molecule has 114 valence electrons. The molecule has 0 radical (unpaired) electrons. The van der Waals surface area contributed by atoms with Crippen LogP contribution in [0.1, 0.15) is 65.2 Å². The second-order valence-electron chi connectivity index (χ2n) is 6.33. The number of hydrogen-bond acceptors (Lipinski definition) is 2. The summed E-state index contributed by atoms with van der Waals surface area (Å²) in [5.41, 5.74) is 5.88. The molecule has 0 aliphatic heterocycles. The molecule has 19 heavy (non-hydrogen) atoms. The van der Waals surface area contributed by atoms with Gasteiger partial charge in [0.15, 0.2) is 0 Å². The molecule has 1 amide bonds. The maximum Gasteiger partial charge on any atom is 0.220 e. The molecular formula is C15H31ClN2O. The van der Waals surface area contributed by atoms with Crippen LogP contribution in [0, 0.1) is 11.3 Å². The second-order valence-corrected chi connectivity index (χ2v) is 6.33. The predicted octanol–water partition coefficient (Wildman–Crippen LogP) is 3.26. The fourth-order valence-corrected chi connectivity index (χ4v) is 2.65. The molecule has 0 aromatic heterocycles. The highest BCUT2D eigenvalue weighted by Crippen LogP contribution is 2.49. The molecule has 3 N–H and O–H groups in total. The van der Waals surface area contributed by atoms with E-state index in [0.717, 1.165) is 44.7 Å². The third-order valence-electron chi connectivity index (χ3n) is 3.82. The summed E-state index contributed by atoms with van der Waals surface area (Å²) < 4.78 is 0. The lowest BCUT2D eigenvalue weighted by Gasteiger charge is -2.18. The van der Waals surface area contributed by atoms with Crippen LogP contribution in [0.5, 0.6) is 0 Å². The summed E-state index contributed by atoms with van der Waals surface area (Å²) in [5.74, 6) is 0.971. The van der Waals surface area contributed by atoms with Crippen LogP contribution in [0.15, 0.2) is 0 Å². The molecule has 0 atom stereocenters. The van der Waals surface area contributed by atoms with E-state index in [4.69, 9.17) is 5.73 Å². The summed E-state index contributed by atoms with van der Waals surface area (Å²) in [6.45, 7) is 6.19. The van der Waals surface area contributed by atoms with E-state index >= 15 is 0 Å². The van der Waals surface area contributed by atoms with E-state index in [1.807, 2.05) is 0 Å². The molecule has 0 aromatic rings. The van der Waals surface area contributed by atoms with E-state index in [0.29, 0.717) is 11.8 Å². The summed E-state index contributed by atoms with van der Waals surface area (Å²) in [6, 6.07) is 0. The Morgan fingerprint density at radius 2 is 1.84 bits per heavy atom. The zero-order valence-electron chi connectivity index (χ0n) is 12.5. The Bertz CT molecular complexity index is 253. The highest BCUT2D eigenvalue weighted by Gasteiger charge is 2.42. The molecule has 1 fully saturated rings. The lowest BCUT2D eigenvalue weighted by atomic mass is 9.94. The molecule has 0 spiro atoms. The molecule has 0 bridgehead atoms. The van der Waals surface area contributed by atoms with Crippen molar-refractivity contribution in [2.24, 2.45) is 17.1 Å². The van der Waals surface area contributed by atoms with Gasteiger partial charge in [0, 0.05) is 13.0 Å². The van der Waals surface area contributed by atoms with Crippen molar-refractivity contribution in [2.75, 3.05) is 13.1 Å². The van der Waals surface area contributed by atoms with Crippen LogP contribution >= 0.6 is 12.4 Å². The number of hydrogen-bond donors (Lipinski definition) is 2. The zero-order valence-corrected chi connectivity index (χ0v) is 13.4. The van der Waals surface area contributed by atoms with Gasteiger partial charge in [0.05, 0.1) is 0 Å². The molecule has 1 aliphatic rings. The fraction of sp³-hybridized carbons (Fsp3) is 0.933. The van der Waals surface area contributed by atoms with Crippen LogP contribution in [0.4, 0.5) is 0 Å². The van der Waals surface area contributed by atoms with Crippen LogP contribution in [-0.4, -0.2) is 19.0 Å². The van der Waals surface area contributed by atoms with Crippen molar-refractivity contribution >= 4 is 18.3 Å². The molecule has 1 aliphatic carbocycles. The minimum absolute atomic E-state index is 0. The molecular weight excluding hydrogens is 260 g/mol. The number of rotatable bonds is 10. The SMILES string of the molecule is CC(C)CC1(CNC(=O)CCCCCCN)CC1.Cl. The van der Waals surface area contributed by atoms with Crippen molar-refractivity contribution in [1.82, 2.24) is 5.32 Å². The average molecular weight is 291 g/mol. The Hall–Kier alpha value is -0.280. The van der Waals surface area contributed by atoms with E-state index in [1.54, 1.807) is 0 Å². The fourth-order valence-electron chi connectivity index (χ4n) is 2.65. The van der Waals surface area contributed by atoms with Gasteiger partial charge in [0.2, 0.25) is 5.91 Å². The highest BCUT2D eigenvalue weighted by atomic mass is 35.5. The van der Waals surface area contributed by atoms with E-state index in [1.165, 1.54) is 19.3 Å². The third kappa shape index (κ3) is 8.48. The van der Waals surface area contributed by atoms with Gasteiger partial charge in [0.1, 0.15) is 0 Å². The van der Waals surface area contributed by atoms with Crippen molar-refractivity contribution in [3.05, 3.63) is 0 Å². The van der Waals surface area contributed by atoms with Crippen LogP contribution < -0.4 is 11.1 Å². The van der Waals surface area contributed by atoms with Gasteiger partial charge in [-0.05, 0) is 50.0 Å². The Labute approximate surface area is 124 Å². The van der Waals surface area contributed by atoms with E-state index in [-0.39, 0.29) is 18.3 Å². The third-order valence-corrected chi connectivity index (χ3v) is 3.82. The van der Waals surface area contributed by atoms with E-state index in [2.05, 4.69) is 19.2 Å². The van der Waals surface area contributed by atoms with Gasteiger partial charge >= 0.3 is 0 Å². The molecule has 0 saturated heterocycles. The first-order valence-electron chi connectivity index (χ1n) is 7.55. The standard InChI is InChI=1S/C15H30N2O.ClH/c1-13(2)11-15(8-9-15)12-17-14(18)7-5-3-4-6-10-16;/h13H,3-12,16H2,1-2H3,(H,17,18);1H. The quantitative estimate of drug-likeness (QED) is 0.607. The summed E-state index contributed by atoms with van der Waals surface area (Å²) in [6.07, 6.45) is 8.89. The molecule has 3 nitrogen and oxygen atoms in total. The molecule has 1 rings (SSSR count). The van der Waals surface area contributed by atoms with Gasteiger partial charge in [0.25, 0.3) is 0 Å². The van der Waals surface area contributed by atoms with Crippen LogP contribution in [-0.2, 0) is 4.79 Å². The molecule has 0 unspecified atom stereocenters. The first-order valence-corrected chi connectivity index (χ1v) is 7.55. The van der Waals surface area contributed by atoms with E-state index in [9.17, 15) is 4.79 Å². The maximum atomic E-state index is 11.7. The number of nitrogens with one attached hydrogen (secondary N) is 1. The smallest absolute Gasteiger partial charge is 0.220 e. The normalized spacial score (nSPS) is 16.0. The maximum absolute atomic E-state index is 11.7. The van der Waals surface area contributed by atoms with Gasteiger partial charge in [-0.2, -0.15) is 0 Å². The number of nitrogens with two attached hydrogens (primary N) is 1. The summed E-state index contributed by atoms with van der Waals surface area (Å²) >= 11 is 0. The highest BCUT2D eigenvalue weighted by molar-refractivity contribution is 5.85. The lowest BCUT2D eigenvalue weighted by Crippen LogP contribution is -2.30. The van der Waals surface area contributed by atoms with E-state index < -0.39 is 0 Å². The van der Waals surface area contributed by atoms with Crippen LogP contribution in [0.3, 0.4) is 0 Å². The minimum Gasteiger partial charge on any atom is -0.356 e. The first-order chi connectivity index (χ1) is 8.58. The predicted molar refractivity (Wildman–Crippen MR) is 83.5 cm³/mol. The number of unbranched alkanes of at least 4 members (excludes halogenated alkanes) is 3. The Kier molecular flexibility index (Phi) is 9.46. The average Bonchev–Trinajstić information content (AvgIpc) is 3.06. The van der Waals surface area contributed by atoms with Crippen LogP contribution in [0.25, 0.3) is 0 Å². The lowest BCUT2D eigenvalue weighted by molar-refractivity contribution is -0.121. The molecule has 0 aromatic carbocycles. The molecule has 4 heteroatoms. The van der Waals surface area contributed by atoms with Gasteiger partial charge < -0.3 is 11.1 Å². The van der Waals surface area contributed by atoms with Gasteiger partial charge in [-0.3, -0.25) is 4.79 Å². The monoisotopic (exact) mass is 290 g/mol. The molecule has 0 heterocycles. The number of halogens is 1. The van der Waals surface area contributed by atoms with Gasteiger partial charge in [-0.1, -0.05) is 26.7 Å². The van der Waals surface area contributed by atoms with Gasteiger partial charge in [-0.25, -0.2) is 0 Å². The Morgan fingerprint density at radius 1 is 1.21 bits per heavy atom. The largest absolute Gasteiger partial charge is 0.356 e. The zero-order chi connectivity index (χ0) is 13.4. The summed E-state index contributed by atoms with van der Waals surface area (Å²) in [5, 5.41) is 3.12. The minimum atomic E-state index is 0. The van der Waals surface area contributed by atoms with Crippen molar-refractivity contribution in [3.63, 3.8) is 0 Å². The van der Waals surface area contributed by atoms with Crippen molar-refractivity contribution in [2.45, 2.75) is 65.2 Å².